The van der Waals surface area contributed by atoms with Gasteiger partial charge >= 0.3 is 0 Å². The van der Waals surface area contributed by atoms with Crippen LogP contribution in [0.5, 0.6) is 0 Å². The zero-order chi connectivity index (χ0) is 12.5. The highest BCUT2D eigenvalue weighted by Gasteiger charge is 2.31. The average molecular weight is 242 g/mol. The Morgan fingerprint density at radius 2 is 1.88 bits per heavy atom. The Morgan fingerprint density at radius 3 is 2.25 bits per heavy atom. The van der Waals surface area contributed by atoms with Gasteiger partial charge in [0.1, 0.15) is 0 Å². The predicted molar refractivity (Wildman–Crippen MR) is 58.3 cm³/mol. The van der Waals surface area contributed by atoms with E-state index in [4.69, 9.17) is 10.3 Å². The van der Waals surface area contributed by atoms with Gasteiger partial charge in [-0.25, -0.2) is 0 Å². The van der Waals surface area contributed by atoms with Crippen molar-refractivity contribution in [3.63, 3.8) is 0 Å². The lowest BCUT2D eigenvalue weighted by Crippen LogP contribution is -2.22. The minimum atomic E-state index is -4.58. The van der Waals surface area contributed by atoms with Crippen molar-refractivity contribution in [1.29, 1.82) is 0 Å². The summed E-state index contributed by atoms with van der Waals surface area (Å²) in [6, 6.07) is 4.55. The van der Waals surface area contributed by atoms with Crippen molar-refractivity contribution in [2.24, 2.45) is 0 Å². The lowest BCUT2D eigenvalue weighted by atomic mass is 10.0. The Labute approximate surface area is 94.0 Å². The summed E-state index contributed by atoms with van der Waals surface area (Å²) in [7, 11) is -4.58. The van der Waals surface area contributed by atoms with Crippen LogP contribution in [-0.4, -0.2) is 18.9 Å². The molecule has 5 nitrogen and oxygen atoms in total. The van der Waals surface area contributed by atoms with Crippen molar-refractivity contribution in [3.05, 3.63) is 34.9 Å². The average Bonchev–Trinajstić information content (AvgIpc) is 2.08. The number of benzene rings is 1. The lowest BCUT2D eigenvalue weighted by Gasteiger charge is -2.11. The lowest BCUT2D eigenvalue weighted by molar-refractivity contribution is -0.118. The van der Waals surface area contributed by atoms with Crippen molar-refractivity contribution in [2.75, 3.05) is 0 Å². The van der Waals surface area contributed by atoms with Crippen molar-refractivity contribution in [1.82, 2.24) is 5.73 Å². The molecule has 1 unspecified atom stereocenters. The fourth-order valence-electron chi connectivity index (χ4n) is 1.39. The van der Waals surface area contributed by atoms with E-state index in [1.165, 1.54) is 12.1 Å². The summed E-state index contributed by atoms with van der Waals surface area (Å²) in [4.78, 5) is 10.9. The molecule has 0 fully saturated rings. The van der Waals surface area contributed by atoms with E-state index in [1.807, 2.05) is 6.92 Å². The van der Waals surface area contributed by atoms with Gasteiger partial charge in [-0.15, -0.1) is 0 Å². The highest BCUT2D eigenvalue weighted by Crippen LogP contribution is 2.23. The maximum absolute atomic E-state index is 11.0. The Hall–Kier alpha value is -1.40. The fraction of sp³-hybridized carbons (Fsp3) is 0.300. The highest BCUT2D eigenvalue weighted by atomic mass is 32.2. The molecule has 0 aliphatic rings. The second-order valence-electron chi connectivity index (χ2n) is 3.60. The Balaban J connectivity index is 3.34. The summed E-state index contributed by atoms with van der Waals surface area (Å²) in [6.45, 7) is 3.60. The number of hydrogen-bond donors (Lipinski definition) is 1. The van der Waals surface area contributed by atoms with Gasteiger partial charge in [0.15, 0.2) is 5.25 Å². The fourth-order valence-corrected chi connectivity index (χ4v) is 2.15. The van der Waals surface area contributed by atoms with Crippen LogP contribution >= 0.6 is 0 Å². The molecule has 1 atom stereocenters. The first kappa shape index (κ1) is 12.7. The van der Waals surface area contributed by atoms with E-state index in [2.05, 4.69) is 0 Å². The number of carbonyl (C=O) groups excluding carboxylic acids is 1. The molecule has 0 aliphatic carbocycles. The number of aryl methyl sites for hydroxylation is 2. The van der Waals surface area contributed by atoms with Gasteiger partial charge in [0, 0.05) is 0 Å². The van der Waals surface area contributed by atoms with Gasteiger partial charge in [0.2, 0.25) is 0 Å². The molecule has 1 aromatic rings. The quantitative estimate of drug-likeness (QED) is 0.801. The van der Waals surface area contributed by atoms with E-state index in [9.17, 15) is 13.2 Å². The van der Waals surface area contributed by atoms with Gasteiger partial charge in [-0.2, -0.15) is 8.42 Å². The zero-order valence-corrected chi connectivity index (χ0v) is 9.71. The SMILES string of the molecule is Cc1ccc(C(C([NH])=O)S(=O)(=O)O)cc1C. The van der Waals surface area contributed by atoms with Gasteiger partial charge in [0.05, 0.1) is 0 Å². The molecule has 0 spiro atoms. The monoisotopic (exact) mass is 242 g/mol. The molecule has 1 aromatic carbocycles. The third kappa shape index (κ3) is 2.59. The summed E-state index contributed by atoms with van der Waals surface area (Å²) in [5.74, 6) is -1.34. The molecule has 0 heterocycles. The normalized spacial score (nSPS) is 13.4. The molecular weight excluding hydrogens is 230 g/mol. The molecule has 1 rings (SSSR count). The number of rotatable bonds is 3. The first-order valence-electron chi connectivity index (χ1n) is 4.52. The number of hydrogen-bond acceptors (Lipinski definition) is 3. The van der Waals surface area contributed by atoms with Gasteiger partial charge in [-0.3, -0.25) is 15.1 Å². The molecule has 1 amide bonds. The molecule has 0 saturated heterocycles. The van der Waals surface area contributed by atoms with Crippen LogP contribution in [0.4, 0.5) is 0 Å². The minimum absolute atomic E-state index is 0.116. The van der Waals surface area contributed by atoms with Gasteiger partial charge in [0.25, 0.3) is 16.0 Å². The standard InChI is InChI=1S/C10H12NO4S/c1-6-3-4-8(5-7(6)2)9(10(11)12)16(13,14)15/h3-5,9,11H,1-2H3,(H,13,14,15). The van der Waals surface area contributed by atoms with Crippen molar-refractivity contribution < 1.29 is 17.8 Å². The van der Waals surface area contributed by atoms with E-state index in [0.29, 0.717) is 0 Å². The molecular formula is C10H12NO4S. The van der Waals surface area contributed by atoms with Gasteiger partial charge in [-0.05, 0) is 30.5 Å². The summed E-state index contributed by atoms with van der Waals surface area (Å²) < 4.78 is 30.9. The summed E-state index contributed by atoms with van der Waals surface area (Å²) in [5.41, 5.74) is 8.73. The van der Waals surface area contributed by atoms with Crippen LogP contribution in [0.1, 0.15) is 21.9 Å². The van der Waals surface area contributed by atoms with E-state index in [0.717, 1.165) is 11.1 Å². The largest absolute Gasteiger partial charge is 0.285 e. The number of carbonyl (C=O) groups is 1. The molecule has 87 valence electrons. The van der Waals surface area contributed by atoms with Crippen molar-refractivity contribution in [3.8, 4) is 0 Å². The highest BCUT2D eigenvalue weighted by molar-refractivity contribution is 7.86. The molecule has 0 saturated carbocycles. The van der Waals surface area contributed by atoms with Crippen LogP contribution in [0.25, 0.3) is 0 Å². The number of nitrogens with one attached hydrogen (secondary N) is 1. The molecule has 1 radical (unpaired) electrons. The first-order chi connectivity index (χ1) is 7.23. The van der Waals surface area contributed by atoms with E-state index >= 15 is 0 Å². The van der Waals surface area contributed by atoms with Gasteiger partial charge < -0.3 is 0 Å². The van der Waals surface area contributed by atoms with Crippen LogP contribution in [0.15, 0.2) is 18.2 Å². The van der Waals surface area contributed by atoms with E-state index < -0.39 is 21.3 Å². The zero-order valence-electron chi connectivity index (χ0n) is 8.89. The van der Waals surface area contributed by atoms with Crippen molar-refractivity contribution in [2.45, 2.75) is 19.1 Å². The predicted octanol–water partition coefficient (Wildman–Crippen LogP) is 1.04. The second kappa shape index (κ2) is 4.23. The Kier molecular flexibility index (Phi) is 3.35. The summed E-state index contributed by atoms with van der Waals surface area (Å²) >= 11 is 0. The van der Waals surface area contributed by atoms with Crippen LogP contribution in [0, 0.1) is 13.8 Å². The topological polar surface area (TPSA) is 95.2 Å². The van der Waals surface area contributed by atoms with Crippen LogP contribution in [-0.2, 0) is 14.9 Å². The molecule has 0 bridgehead atoms. The van der Waals surface area contributed by atoms with Gasteiger partial charge in [-0.1, -0.05) is 18.2 Å². The van der Waals surface area contributed by atoms with Crippen LogP contribution in [0.2, 0.25) is 0 Å². The molecule has 0 aliphatic heterocycles. The van der Waals surface area contributed by atoms with Crippen LogP contribution in [0.3, 0.4) is 0 Å². The smallest absolute Gasteiger partial charge is 0.281 e. The first-order valence-corrected chi connectivity index (χ1v) is 6.02. The van der Waals surface area contributed by atoms with Crippen LogP contribution < -0.4 is 5.73 Å². The molecule has 6 heteroatoms. The second-order valence-corrected chi connectivity index (χ2v) is 5.10. The molecule has 16 heavy (non-hydrogen) atoms. The summed E-state index contributed by atoms with van der Waals surface area (Å²) in [5, 5.41) is -1.81. The third-order valence-corrected chi connectivity index (χ3v) is 3.45. The Morgan fingerprint density at radius 1 is 1.31 bits per heavy atom. The molecule has 2 N–H and O–H groups in total. The minimum Gasteiger partial charge on any atom is -0.285 e. The Bertz CT molecular complexity index is 522. The van der Waals surface area contributed by atoms with Crippen molar-refractivity contribution >= 4 is 16.0 Å². The maximum atomic E-state index is 11.0. The summed E-state index contributed by atoms with van der Waals surface area (Å²) in [6.07, 6.45) is 0. The van der Waals surface area contributed by atoms with E-state index in [1.54, 1.807) is 13.0 Å². The molecule has 0 aromatic heterocycles. The maximum Gasteiger partial charge on any atom is 0.281 e. The number of amides is 1. The third-order valence-electron chi connectivity index (χ3n) is 2.37. The van der Waals surface area contributed by atoms with E-state index in [-0.39, 0.29) is 5.56 Å².